The summed E-state index contributed by atoms with van der Waals surface area (Å²) in [5, 5.41) is 3.23. The Labute approximate surface area is 135 Å². The summed E-state index contributed by atoms with van der Waals surface area (Å²) < 4.78 is 0. The van der Waals surface area contributed by atoms with Gasteiger partial charge < -0.3 is 10.2 Å². The van der Waals surface area contributed by atoms with E-state index < -0.39 is 0 Å². The zero-order valence-corrected chi connectivity index (χ0v) is 13.5. The number of hydrogen-bond donors (Lipinski definition) is 1. The molecule has 1 heterocycles. The molecule has 1 N–H and O–H groups in total. The van der Waals surface area contributed by atoms with E-state index >= 15 is 0 Å². The molecule has 1 aromatic carbocycles. The third kappa shape index (κ3) is 2.50. The summed E-state index contributed by atoms with van der Waals surface area (Å²) in [7, 11) is 1.67. The van der Waals surface area contributed by atoms with Crippen molar-refractivity contribution in [2.75, 3.05) is 20.1 Å². The van der Waals surface area contributed by atoms with Crippen molar-refractivity contribution in [1.29, 1.82) is 0 Å². The molecule has 2 amide bonds. The van der Waals surface area contributed by atoms with Gasteiger partial charge in [-0.15, -0.1) is 0 Å². The van der Waals surface area contributed by atoms with Crippen molar-refractivity contribution in [3.05, 3.63) is 34.9 Å². The number of nitrogens with zero attached hydrogens (tertiary/aromatic N) is 1. The van der Waals surface area contributed by atoms with Crippen LogP contribution in [0.2, 0.25) is 5.02 Å². The Morgan fingerprint density at radius 2 is 1.95 bits per heavy atom. The largest absolute Gasteiger partial charge is 0.359 e. The summed E-state index contributed by atoms with van der Waals surface area (Å²) in [5.41, 5.74) is 0.478. The van der Waals surface area contributed by atoms with E-state index in [-0.39, 0.29) is 23.1 Å². The van der Waals surface area contributed by atoms with E-state index in [2.05, 4.69) is 5.32 Å². The molecule has 2 aliphatic rings. The van der Waals surface area contributed by atoms with Gasteiger partial charge in [-0.2, -0.15) is 0 Å². The minimum absolute atomic E-state index is 0.0446. The van der Waals surface area contributed by atoms with Crippen LogP contribution in [0.25, 0.3) is 0 Å². The Bertz CT molecular complexity index is 596. The molecule has 1 aliphatic heterocycles. The molecule has 1 aromatic rings. The van der Waals surface area contributed by atoms with E-state index in [1.807, 2.05) is 17.0 Å². The Balaban J connectivity index is 1.86. The summed E-state index contributed by atoms with van der Waals surface area (Å²) in [6, 6.07) is 7.11. The van der Waals surface area contributed by atoms with Gasteiger partial charge in [0.05, 0.1) is 16.5 Å². The van der Waals surface area contributed by atoms with Crippen molar-refractivity contribution in [3.63, 3.8) is 0 Å². The lowest BCUT2D eigenvalue weighted by Crippen LogP contribution is -2.38. The monoisotopic (exact) mass is 320 g/mol. The highest BCUT2D eigenvalue weighted by Gasteiger charge is 2.52. The average Bonchev–Trinajstić information content (AvgIpc) is 3.14. The highest BCUT2D eigenvalue weighted by atomic mass is 35.5. The van der Waals surface area contributed by atoms with Crippen LogP contribution < -0.4 is 5.32 Å². The van der Waals surface area contributed by atoms with Crippen molar-refractivity contribution in [2.45, 2.75) is 25.7 Å². The molecule has 0 bridgehead atoms. The maximum Gasteiger partial charge on any atom is 0.255 e. The third-order valence-corrected chi connectivity index (χ3v) is 5.53. The van der Waals surface area contributed by atoms with Crippen LogP contribution in [-0.2, 0) is 4.79 Å². The molecule has 0 aromatic heterocycles. The molecule has 22 heavy (non-hydrogen) atoms. The quantitative estimate of drug-likeness (QED) is 0.911. The van der Waals surface area contributed by atoms with Crippen LogP contribution in [-0.4, -0.2) is 36.9 Å². The normalized spacial score (nSPS) is 23.0. The van der Waals surface area contributed by atoms with Gasteiger partial charge in [-0.1, -0.05) is 36.6 Å². The number of nitrogens with one attached hydrogen (secondary N) is 1. The lowest BCUT2D eigenvalue weighted by molar-refractivity contribution is -0.127. The van der Waals surface area contributed by atoms with Gasteiger partial charge in [-0.3, -0.25) is 9.59 Å². The summed E-state index contributed by atoms with van der Waals surface area (Å²) in [6.45, 7) is 1.15. The molecule has 1 spiro atoms. The standard InChI is InChI=1S/C17H21ClN2O2/c1-19-15(21)13-10-20(11-17(13)8-4-5-9-17)16(22)12-6-2-3-7-14(12)18/h2-3,6-7,13H,4-5,8-11H2,1H3,(H,19,21). The molecule has 1 unspecified atom stereocenters. The van der Waals surface area contributed by atoms with Gasteiger partial charge in [0.2, 0.25) is 5.91 Å². The molecule has 2 fully saturated rings. The fourth-order valence-electron chi connectivity index (χ4n) is 4.05. The number of amides is 2. The topological polar surface area (TPSA) is 49.4 Å². The Morgan fingerprint density at radius 3 is 2.59 bits per heavy atom. The third-order valence-electron chi connectivity index (χ3n) is 5.20. The first-order valence-electron chi connectivity index (χ1n) is 7.83. The number of benzene rings is 1. The van der Waals surface area contributed by atoms with Crippen molar-refractivity contribution in [3.8, 4) is 0 Å². The van der Waals surface area contributed by atoms with Crippen LogP contribution in [0.1, 0.15) is 36.0 Å². The minimum Gasteiger partial charge on any atom is -0.359 e. The lowest BCUT2D eigenvalue weighted by atomic mass is 9.76. The highest BCUT2D eigenvalue weighted by Crippen LogP contribution is 2.49. The second kappa shape index (κ2) is 5.92. The number of carbonyl (C=O) groups is 2. The van der Waals surface area contributed by atoms with E-state index in [9.17, 15) is 9.59 Å². The Morgan fingerprint density at radius 1 is 1.27 bits per heavy atom. The van der Waals surface area contributed by atoms with Crippen molar-refractivity contribution < 1.29 is 9.59 Å². The maximum absolute atomic E-state index is 12.8. The van der Waals surface area contributed by atoms with Gasteiger partial charge in [0.25, 0.3) is 5.91 Å². The van der Waals surface area contributed by atoms with Crippen molar-refractivity contribution in [1.82, 2.24) is 10.2 Å². The van der Waals surface area contributed by atoms with Crippen LogP contribution >= 0.6 is 11.6 Å². The number of likely N-dealkylation sites (tertiary alicyclic amines) is 1. The number of rotatable bonds is 2. The van der Waals surface area contributed by atoms with Gasteiger partial charge in [-0.25, -0.2) is 0 Å². The molecule has 4 nitrogen and oxygen atoms in total. The summed E-state index contributed by atoms with van der Waals surface area (Å²) >= 11 is 6.15. The second-order valence-corrected chi connectivity index (χ2v) is 6.81. The molecule has 118 valence electrons. The Kier molecular flexibility index (Phi) is 4.13. The zero-order valence-electron chi connectivity index (χ0n) is 12.8. The molecule has 3 rings (SSSR count). The van der Waals surface area contributed by atoms with Gasteiger partial charge in [0, 0.05) is 25.6 Å². The first-order valence-corrected chi connectivity index (χ1v) is 8.20. The number of carbonyl (C=O) groups excluding carboxylic acids is 2. The highest BCUT2D eigenvalue weighted by molar-refractivity contribution is 6.33. The van der Waals surface area contributed by atoms with Crippen molar-refractivity contribution >= 4 is 23.4 Å². The molecule has 1 saturated heterocycles. The first-order chi connectivity index (χ1) is 10.6. The van der Waals surface area contributed by atoms with E-state index in [0.717, 1.165) is 25.7 Å². The van der Waals surface area contributed by atoms with E-state index in [1.165, 1.54) is 0 Å². The van der Waals surface area contributed by atoms with Crippen LogP contribution in [0, 0.1) is 11.3 Å². The number of halogens is 1. The average molecular weight is 321 g/mol. The van der Waals surface area contributed by atoms with Gasteiger partial charge in [0.15, 0.2) is 0 Å². The second-order valence-electron chi connectivity index (χ2n) is 6.40. The van der Waals surface area contributed by atoms with Crippen LogP contribution in [0.4, 0.5) is 0 Å². The summed E-state index contributed by atoms with van der Waals surface area (Å²) in [5.74, 6) is -0.119. The SMILES string of the molecule is CNC(=O)C1CN(C(=O)c2ccccc2Cl)CC12CCCC2. The molecule has 1 saturated carbocycles. The lowest BCUT2D eigenvalue weighted by Gasteiger charge is -2.28. The van der Waals surface area contributed by atoms with Crippen LogP contribution in [0.3, 0.4) is 0 Å². The predicted octanol–water partition coefficient (Wildman–Crippen LogP) is 2.72. The molecule has 1 aliphatic carbocycles. The predicted molar refractivity (Wildman–Crippen MR) is 85.8 cm³/mol. The van der Waals surface area contributed by atoms with Crippen LogP contribution in [0.15, 0.2) is 24.3 Å². The first kappa shape index (κ1) is 15.3. The molecule has 5 heteroatoms. The van der Waals surface area contributed by atoms with Gasteiger partial charge >= 0.3 is 0 Å². The van der Waals surface area contributed by atoms with E-state index in [1.54, 1.807) is 19.2 Å². The van der Waals surface area contributed by atoms with E-state index in [4.69, 9.17) is 11.6 Å². The smallest absolute Gasteiger partial charge is 0.255 e. The molecular weight excluding hydrogens is 300 g/mol. The van der Waals surface area contributed by atoms with E-state index in [0.29, 0.717) is 23.7 Å². The fraction of sp³-hybridized carbons (Fsp3) is 0.529. The van der Waals surface area contributed by atoms with Gasteiger partial charge in [-0.05, 0) is 25.0 Å². The summed E-state index contributed by atoms with van der Waals surface area (Å²) in [6.07, 6.45) is 4.33. The molecule has 1 atom stereocenters. The van der Waals surface area contributed by atoms with Crippen LogP contribution in [0.5, 0.6) is 0 Å². The number of hydrogen-bond acceptors (Lipinski definition) is 2. The molecule has 0 radical (unpaired) electrons. The Hall–Kier alpha value is -1.55. The zero-order chi connectivity index (χ0) is 15.7. The minimum atomic E-state index is -0.105. The molecular formula is C17H21ClN2O2. The fourth-order valence-corrected chi connectivity index (χ4v) is 4.27. The summed E-state index contributed by atoms with van der Waals surface area (Å²) in [4.78, 5) is 26.9. The maximum atomic E-state index is 12.8. The van der Waals surface area contributed by atoms with Crippen molar-refractivity contribution in [2.24, 2.45) is 11.3 Å². The van der Waals surface area contributed by atoms with Gasteiger partial charge in [0.1, 0.15) is 0 Å².